The van der Waals surface area contributed by atoms with Gasteiger partial charge >= 0.3 is 0 Å². The molecule has 4 N–H and O–H groups in total. The van der Waals surface area contributed by atoms with Crippen molar-refractivity contribution in [3.05, 3.63) is 22.7 Å². The molecule has 0 saturated heterocycles. The van der Waals surface area contributed by atoms with Gasteiger partial charge in [-0.1, -0.05) is 0 Å². The van der Waals surface area contributed by atoms with Crippen molar-refractivity contribution < 1.29 is 13.5 Å². The molecule has 0 bridgehead atoms. The fourth-order valence-electron chi connectivity index (χ4n) is 1.95. The quantitative estimate of drug-likeness (QED) is 0.678. The monoisotopic (exact) mass is 348 g/mol. The number of halogens is 1. The van der Waals surface area contributed by atoms with Gasteiger partial charge in [-0.2, -0.15) is 0 Å². The normalized spacial score (nSPS) is 17.4. The average molecular weight is 349 g/mol. The molecule has 19 heavy (non-hydrogen) atoms. The first kappa shape index (κ1) is 14.8. The molecular formula is C12H17BrN2O3S. The highest BCUT2D eigenvalue weighted by Gasteiger charge is 2.42. The topological polar surface area (TPSA) is 92.4 Å². The van der Waals surface area contributed by atoms with E-state index >= 15 is 0 Å². The Labute approximate surface area is 121 Å². The summed E-state index contributed by atoms with van der Waals surface area (Å²) in [5.41, 5.74) is 6.02. The molecule has 0 heterocycles. The predicted octanol–water partition coefficient (Wildman–Crippen LogP) is 1.47. The van der Waals surface area contributed by atoms with Crippen LogP contribution in [0.2, 0.25) is 0 Å². The van der Waals surface area contributed by atoms with Gasteiger partial charge in [-0.25, -0.2) is 13.1 Å². The highest BCUT2D eigenvalue weighted by Crippen LogP contribution is 2.48. The molecular weight excluding hydrogens is 332 g/mol. The van der Waals surface area contributed by atoms with Crippen LogP contribution < -0.4 is 10.5 Å². The van der Waals surface area contributed by atoms with Gasteiger partial charge in [0.25, 0.3) is 0 Å². The molecule has 1 saturated carbocycles. The summed E-state index contributed by atoms with van der Waals surface area (Å²) in [5.74, 6) is 0. The van der Waals surface area contributed by atoms with E-state index in [9.17, 15) is 8.42 Å². The predicted molar refractivity (Wildman–Crippen MR) is 77.1 cm³/mol. The first-order valence-electron chi connectivity index (χ1n) is 6.04. The lowest BCUT2D eigenvalue weighted by molar-refractivity contribution is 0.249. The van der Waals surface area contributed by atoms with Gasteiger partial charge in [0.15, 0.2) is 0 Å². The first-order chi connectivity index (χ1) is 8.88. The zero-order valence-corrected chi connectivity index (χ0v) is 12.8. The summed E-state index contributed by atoms with van der Waals surface area (Å²) in [5, 5.41) is 8.96. The summed E-state index contributed by atoms with van der Waals surface area (Å²) < 4.78 is 27.5. The van der Waals surface area contributed by atoms with Crippen LogP contribution in [0.1, 0.15) is 19.3 Å². The van der Waals surface area contributed by atoms with Gasteiger partial charge in [0.05, 0.1) is 4.90 Å². The van der Waals surface area contributed by atoms with Gasteiger partial charge in [-0.3, -0.25) is 0 Å². The Balaban J connectivity index is 2.08. The molecule has 0 spiro atoms. The number of aliphatic hydroxyl groups is 1. The minimum atomic E-state index is -3.54. The van der Waals surface area contributed by atoms with Crippen molar-refractivity contribution in [1.82, 2.24) is 4.72 Å². The van der Waals surface area contributed by atoms with Gasteiger partial charge in [0.1, 0.15) is 0 Å². The van der Waals surface area contributed by atoms with E-state index in [1.807, 2.05) is 0 Å². The molecule has 0 aliphatic heterocycles. The Morgan fingerprint density at radius 1 is 1.42 bits per heavy atom. The van der Waals surface area contributed by atoms with Crippen LogP contribution in [0.15, 0.2) is 27.6 Å². The second-order valence-electron chi connectivity index (χ2n) is 4.98. The molecule has 1 aliphatic carbocycles. The van der Waals surface area contributed by atoms with E-state index in [1.54, 1.807) is 6.07 Å². The molecule has 1 aromatic carbocycles. The number of anilines is 1. The summed E-state index contributed by atoms with van der Waals surface area (Å²) in [6.07, 6.45) is 2.55. The average Bonchev–Trinajstić information content (AvgIpc) is 3.11. The van der Waals surface area contributed by atoms with E-state index in [1.165, 1.54) is 12.1 Å². The lowest BCUT2D eigenvalue weighted by atomic mass is 10.0. The van der Waals surface area contributed by atoms with Crippen LogP contribution in [0.4, 0.5) is 5.69 Å². The Kier molecular flexibility index (Phi) is 4.20. The molecule has 7 heteroatoms. The number of rotatable bonds is 6. The summed E-state index contributed by atoms with van der Waals surface area (Å²) in [7, 11) is -3.54. The minimum Gasteiger partial charge on any atom is -0.398 e. The molecule has 0 unspecified atom stereocenters. The number of benzene rings is 1. The second-order valence-corrected chi connectivity index (χ2v) is 7.60. The van der Waals surface area contributed by atoms with Crippen LogP contribution >= 0.6 is 15.9 Å². The van der Waals surface area contributed by atoms with Crippen molar-refractivity contribution in [2.75, 3.05) is 18.9 Å². The van der Waals surface area contributed by atoms with Crippen molar-refractivity contribution in [2.24, 2.45) is 5.41 Å². The van der Waals surface area contributed by atoms with Gasteiger partial charge < -0.3 is 10.8 Å². The van der Waals surface area contributed by atoms with Crippen molar-refractivity contribution in [1.29, 1.82) is 0 Å². The second kappa shape index (κ2) is 5.40. The molecule has 0 amide bonds. The lowest BCUT2D eigenvalue weighted by Crippen LogP contribution is -2.30. The fourth-order valence-corrected chi connectivity index (χ4v) is 3.39. The zero-order chi connectivity index (χ0) is 14.1. The molecule has 2 rings (SSSR count). The minimum absolute atomic E-state index is 0.0528. The summed E-state index contributed by atoms with van der Waals surface area (Å²) in [4.78, 5) is 0.160. The molecule has 1 aliphatic rings. The lowest BCUT2D eigenvalue weighted by Gasteiger charge is -2.15. The van der Waals surface area contributed by atoms with Gasteiger partial charge in [0, 0.05) is 23.3 Å². The van der Waals surface area contributed by atoms with Gasteiger partial charge in [-0.05, 0) is 58.8 Å². The zero-order valence-electron chi connectivity index (χ0n) is 10.4. The fraction of sp³-hybridized carbons (Fsp3) is 0.500. The van der Waals surface area contributed by atoms with E-state index in [4.69, 9.17) is 10.8 Å². The number of nitrogens with one attached hydrogen (secondary N) is 1. The Bertz CT molecular complexity index is 570. The molecule has 0 atom stereocenters. The molecule has 106 valence electrons. The highest BCUT2D eigenvalue weighted by molar-refractivity contribution is 9.10. The van der Waals surface area contributed by atoms with Crippen LogP contribution in [0.5, 0.6) is 0 Å². The number of sulfonamides is 1. The number of hydrogen-bond donors (Lipinski definition) is 3. The Morgan fingerprint density at radius 2 is 2.11 bits per heavy atom. The third kappa shape index (κ3) is 3.47. The number of aliphatic hydroxyl groups excluding tert-OH is 1. The Hall–Kier alpha value is -0.630. The summed E-state index contributed by atoms with van der Waals surface area (Å²) in [6, 6.07) is 4.55. The standard InChI is InChI=1S/C12H17BrN2O3S/c13-10-2-1-9(7-11(10)14)19(17,18)15-8-12(3-4-12)5-6-16/h1-2,7,15-16H,3-6,8,14H2. The maximum Gasteiger partial charge on any atom is 0.240 e. The van der Waals surface area contributed by atoms with Crippen LogP contribution in [0.25, 0.3) is 0 Å². The van der Waals surface area contributed by atoms with Crippen molar-refractivity contribution in [2.45, 2.75) is 24.2 Å². The maximum absolute atomic E-state index is 12.1. The Morgan fingerprint density at radius 3 is 2.63 bits per heavy atom. The summed E-state index contributed by atoms with van der Waals surface area (Å²) in [6.45, 7) is 0.457. The highest BCUT2D eigenvalue weighted by atomic mass is 79.9. The van der Waals surface area contributed by atoms with E-state index in [0.29, 0.717) is 23.1 Å². The van der Waals surface area contributed by atoms with Crippen molar-refractivity contribution >= 4 is 31.6 Å². The SMILES string of the molecule is Nc1cc(S(=O)(=O)NCC2(CCO)CC2)ccc1Br. The van der Waals surface area contributed by atoms with Gasteiger partial charge in [-0.15, -0.1) is 0 Å². The van der Waals surface area contributed by atoms with Crippen LogP contribution in [0, 0.1) is 5.41 Å². The van der Waals surface area contributed by atoms with Gasteiger partial charge in [0.2, 0.25) is 10.0 Å². The molecule has 5 nitrogen and oxygen atoms in total. The largest absolute Gasteiger partial charge is 0.398 e. The first-order valence-corrected chi connectivity index (χ1v) is 8.32. The van der Waals surface area contributed by atoms with Crippen LogP contribution in [-0.2, 0) is 10.0 Å². The maximum atomic E-state index is 12.1. The van der Waals surface area contributed by atoms with E-state index in [-0.39, 0.29) is 16.9 Å². The third-order valence-electron chi connectivity index (χ3n) is 3.51. The summed E-state index contributed by atoms with van der Waals surface area (Å²) >= 11 is 3.23. The number of nitrogens with two attached hydrogens (primary N) is 1. The smallest absolute Gasteiger partial charge is 0.240 e. The van der Waals surface area contributed by atoms with Crippen LogP contribution in [-0.4, -0.2) is 26.7 Å². The molecule has 1 aromatic rings. The van der Waals surface area contributed by atoms with Crippen molar-refractivity contribution in [3.8, 4) is 0 Å². The van der Waals surface area contributed by atoms with E-state index in [0.717, 1.165) is 12.8 Å². The van der Waals surface area contributed by atoms with Crippen LogP contribution in [0.3, 0.4) is 0 Å². The van der Waals surface area contributed by atoms with Crippen molar-refractivity contribution in [3.63, 3.8) is 0 Å². The van der Waals surface area contributed by atoms with E-state index in [2.05, 4.69) is 20.7 Å². The molecule has 1 fully saturated rings. The number of hydrogen-bond acceptors (Lipinski definition) is 4. The number of nitrogen functional groups attached to an aromatic ring is 1. The third-order valence-corrected chi connectivity index (χ3v) is 5.64. The molecule has 0 aromatic heterocycles. The van der Waals surface area contributed by atoms with E-state index < -0.39 is 10.0 Å². The molecule has 0 radical (unpaired) electrons.